The number of alkyl halides is 3. The van der Waals surface area contributed by atoms with E-state index in [1.54, 1.807) is 19.4 Å². The van der Waals surface area contributed by atoms with E-state index >= 15 is 0 Å². The summed E-state index contributed by atoms with van der Waals surface area (Å²) >= 11 is 1.40. The number of likely N-dealkylation sites (tertiary alicyclic amines) is 1. The number of fused-ring (bicyclic) bond motifs is 1. The first-order valence-corrected chi connectivity index (χ1v) is 14.5. The van der Waals surface area contributed by atoms with Gasteiger partial charge in [-0.3, -0.25) is 9.78 Å². The van der Waals surface area contributed by atoms with E-state index in [-0.39, 0.29) is 18.3 Å². The molecular weight excluding hydrogens is 541 g/mol. The van der Waals surface area contributed by atoms with Crippen LogP contribution in [0.2, 0.25) is 0 Å². The predicted octanol–water partition coefficient (Wildman–Crippen LogP) is 6.67. The number of ether oxygens (including phenoxy) is 1. The number of halogens is 3. The van der Waals surface area contributed by atoms with Crippen LogP contribution in [0.1, 0.15) is 49.3 Å². The fourth-order valence-electron chi connectivity index (χ4n) is 5.53. The van der Waals surface area contributed by atoms with Crippen molar-refractivity contribution in [3.05, 3.63) is 65.9 Å². The lowest BCUT2D eigenvalue weighted by molar-refractivity contribution is -0.139. The molecule has 0 amide bonds. The normalized spacial score (nSPS) is 19.0. The Morgan fingerprint density at radius 3 is 2.77 bits per heavy atom. The number of pyridine rings is 1. The number of hydrogen-bond donors (Lipinski definition) is 2. The van der Waals surface area contributed by atoms with Crippen molar-refractivity contribution in [2.45, 2.75) is 49.3 Å². The first-order valence-electron chi connectivity index (χ1n) is 13.5. The van der Waals surface area contributed by atoms with E-state index in [1.807, 2.05) is 24.3 Å². The maximum atomic E-state index is 13.0. The van der Waals surface area contributed by atoms with Crippen molar-refractivity contribution in [2.24, 2.45) is 11.8 Å². The number of carboxylic acid groups (broad SMARTS) is 1. The van der Waals surface area contributed by atoms with Crippen LogP contribution in [0.3, 0.4) is 0 Å². The summed E-state index contributed by atoms with van der Waals surface area (Å²) in [5.74, 6) is 0.704. The molecule has 1 aromatic heterocycles. The van der Waals surface area contributed by atoms with E-state index in [9.17, 15) is 28.2 Å². The molecule has 2 aromatic carbocycles. The second kappa shape index (κ2) is 13.7. The minimum Gasteiger partial charge on any atom is -0.497 e. The molecule has 3 atom stereocenters. The third-order valence-corrected chi connectivity index (χ3v) is 8.69. The summed E-state index contributed by atoms with van der Waals surface area (Å²) in [7, 11) is 1.60. The van der Waals surface area contributed by atoms with Gasteiger partial charge in [0.1, 0.15) is 5.75 Å². The maximum absolute atomic E-state index is 13.0. The van der Waals surface area contributed by atoms with E-state index in [0.29, 0.717) is 35.8 Å². The van der Waals surface area contributed by atoms with Crippen molar-refractivity contribution < 1.29 is 32.9 Å². The Bertz CT molecular complexity index is 1290. The molecule has 1 aliphatic rings. The molecule has 1 saturated heterocycles. The van der Waals surface area contributed by atoms with Crippen LogP contribution in [0, 0.1) is 11.8 Å². The number of aliphatic hydroxyl groups excluding tert-OH is 1. The highest BCUT2D eigenvalue weighted by Crippen LogP contribution is 2.35. The van der Waals surface area contributed by atoms with E-state index < -0.39 is 23.8 Å². The van der Waals surface area contributed by atoms with Gasteiger partial charge in [0, 0.05) is 29.4 Å². The van der Waals surface area contributed by atoms with Gasteiger partial charge in [0.2, 0.25) is 0 Å². The fraction of sp³-hybridized carbons (Fsp3) is 0.467. The number of aliphatic carboxylic acids is 1. The highest BCUT2D eigenvalue weighted by Gasteiger charge is 2.32. The lowest BCUT2D eigenvalue weighted by Crippen LogP contribution is -2.42. The smallest absolute Gasteiger partial charge is 0.416 e. The molecule has 40 heavy (non-hydrogen) atoms. The quantitative estimate of drug-likeness (QED) is 0.184. The zero-order valence-electron chi connectivity index (χ0n) is 22.4. The van der Waals surface area contributed by atoms with Crippen molar-refractivity contribution >= 4 is 28.6 Å². The number of benzene rings is 2. The average Bonchev–Trinajstić information content (AvgIpc) is 2.93. The Balaban J connectivity index is 1.29. The molecule has 10 heteroatoms. The number of aromatic nitrogens is 1. The number of carboxylic acids is 1. The summed E-state index contributed by atoms with van der Waals surface area (Å²) in [5, 5.41) is 21.5. The standard InChI is InChI=1S/C30H35F3N2O4S/c1-39-23-7-8-27-26(18-23)25(10-12-34-27)28(36)9-6-20-11-14-35(19-21(20)16-29(37)38)13-3-15-40-24-5-2-4-22(17-24)30(31,32)33/h2,4-5,7-8,10,12,17-18,20-21,28,36H,3,6,9,11,13-16,19H2,1H3,(H,37,38)/t20-,21+,28?/m1/s1. The number of methoxy groups -OCH3 is 1. The Morgan fingerprint density at radius 2 is 2.02 bits per heavy atom. The summed E-state index contributed by atoms with van der Waals surface area (Å²) in [6.07, 6.45) is -0.421. The molecule has 0 saturated carbocycles. The largest absolute Gasteiger partial charge is 0.497 e. The molecule has 4 rings (SSSR count). The van der Waals surface area contributed by atoms with Gasteiger partial charge in [-0.25, -0.2) is 0 Å². The van der Waals surface area contributed by atoms with E-state index in [0.717, 1.165) is 48.5 Å². The first kappa shape index (κ1) is 30.1. The molecule has 216 valence electrons. The first-order chi connectivity index (χ1) is 19.1. The van der Waals surface area contributed by atoms with E-state index in [4.69, 9.17) is 4.74 Å². The number of thioether (sulfide) groups is 1. The molecule has 1 unspecified atom stereocenters. The average molecular weight is 577 g/mol. The number of rotatable bonds is 12. The molecule has 0 radical (unpaired) electrons. The zero-order chi connectivity index (χ0) is 28.7. The molecule has 0 bridgehead atoms. The molecule has 2 heterocycles. The molecule has 3 aromatic rings. The summed E-state index contributed by atoms with van der Waals surface area (Å²) in [4.78, 5) is 18.9. The van der Waals surface area contributed by atoms with Crippen molar-refractivity contribution in [1.29, 1.82) is 0 Å². The molecular formula is C30H35F3N2O4S. The minimum absolute atomic E-state index is 0.0242. The highest BCUT2D eigenvalue weighted by molar-refractivity contribution is 7.99. The number of nitrogens with zero attached hydrogens (tertiary/aromatic N) is 2. The van der Waals surface area contributed by atoms with Crippen molar-refractivity contribution in [3.63, 3.8) is 0 Å². The maximum Gasteiger partial charge on any atom is 0.416 e. The highest BCUT2D eigenvalue weighted by atomic mass is 32.2. The van der Waals surface area contributed by atoms with Gasteiger partial charge in [-0.2, -0.15) is 13.2 Å². The minimum atomic E-state index is -4.35. The number of piperidine rings is 1. The van der Waals surface area contributed by atoms with Gasteiger partial charge in [0.15, 0.2) is 0 Å². The summed E-state index contributed by atoms with van der Waals surface area (Å²) in [6, 6.07) is 12.8. The van der Waals surface area contributed by atoms with E-state index in [1.165, 1.54) is 23.9 Å². The van der Waals surface area contributed by atoms with Crippen molar-refractivity contribution in [1.82, 2.24) is 9.88 Å². The lowest BCUT2D eigenvalue weighted by Gasteiger charge is -2.38. The van der Waals surface area contributed by atoms with Crippen molar-refractivity contribution in [2.75, 3.05) is 32.5 Å². The van der Waals surface area contributed by atoms with Gasteiger partial charge < -0.3 is 19.8 Å². The van der Waals surface area contributed by atoms with Gasteiger partial charge in [-0.1, -0.05) is 6.07 Å². The van der Waals surface area contributed by atoms with Crippen LogP contribution in [0.15, 0.2) is 59.6 Å². The molecule has 2 N–H and O–H groups in total. The van der Waals surface area contributed by atoms with Crippen LogP contribution in [0.4, 0.5) is 13.2 Å². The third kappa shape index (κ3) is 8.11. The van der Waals surface area contributed by atoms with Crippen LogP contribution in [0.5, 0.6) is 5.75 Å². The monoisotopic (exact) mass is 576 g/mol. The SMILES string of the molecule is COc1ccc2nccc(C(O)CC[C@@H]3CCN(CCCSc4cccc(C(F)(F)F)c4)C[C@@H]3CC(=O)O)c2c1. The second-order valence-electron chi connectivity index (χ2n) is 10.3. The molecule has 6 nitrogen and oxygen atoms in total. The zero-order valence-corrected chi connectivity index (χ0v) is 23.3. The number of carbonyl (C=O) groups is 1. The second-order valence-corrected chi connectivity index (χ2v) is 11.5. The predicted molar refractivity (Wildman–Crippen MR) is 150 cm³/mol. The van der Waals surface area contributed by atoms with Gasteiger partial charge >= 0.3 is 12.1 Å². The van der Waals surface area contributed by atoms with Gasteiger partial charge in [-0.05, 0) is 104 Å². The Morgan fingerprint density at radius 1 is 1.20 bits per heavy atom. The van der Waals surface area contributed by atoms with Gasteiger partial charge in [-0.15, -0.1) is 11.8 Å². The van der Waals surface area contributed by atoms with E-state index in [2.05, 4.69) is 9.88 Å². The Kier molecular flexibility index (Phi) is 10.3. The molecule has 0 aliphatic carbocycles. The molecule has 1 fully saturated rings. The van der Waals surface area contributed by atoms with Crippen LogP contribution >= 0.6 is 11.8 Å². The van der Waals surface area contributed by atoms with Crippen LogP contribution in [-0.4, -0.2) is 58.6 Å². The van der Waals surface area contributed by atoms with Gasteiger partial charge in [0.25, 0.3) is 0 Å². The van der Waals surface area contributed by atoms with Crippen LogP contribution in [-0.2, 0) is 11.0 Å². The topological polar surface area (TPSA) is 82.9 Å². The molecule has 0 spiro atoms. The number of aliphatic hydroxyl groups is 1. The third-order valence-electron chi connectivity index (χ3n) is 7.61. The number of hydrogen-bond acceptors (Lipinski definition) is 6. The summed E-state index contributed by atoms with van der Waals surface area (Å²) in [5.41, 5.74) is 0.924. The Hall–Kier alpha value is -2.82. The van der Waals surface area contributed by atoms with Crippen molar-refractivity contribution in [3.8, 4) is 5.75 Å². The van der Waals surface area contributed by atoms with Crippen LogP contribution in [0.25, 0.3) is 10.9 Å². The lowest BCUT2D eigenvalue weighted by atomic mass is 9.79. The fourth-order valence-corrected chi connectivity index (χ4v) is 6.42. The summed E-state index contributed by atoms with van der Waals surface area (Å²) < 4.78 is 44.2. The Labute approximate surface area is 236 Å². The molecule has 1 aliphatic heterocycles. The van der Waals surface area contributed by atoms with Crippen LogP contribution < -0.4 is 4.74 Å². The van der Waals surface area contributed by atoms with Gasteiger partial charge in [0.05, 0.1) is 24.3 Å². The summed E-state index contributed by atoms with van der Waals surface area (Å²) in [6.45, 7) is 2.26.